The molecule has 1 aliphatic rings. The highest BCUT2D eigenvalue weighted by Gasteiger charge is 2.27. The average Bonchev–Trinajstić information content (AvgIpc) is 3.22. The smallest absolute Gasteiger partial charge is 0.224 e. The van der Waals surface area contributed by atoms with Crippen molar-refractivity contribution in [2.24, 2.45) is 0 Å². The molecule has 2 aromatic rings. The Kier molecular flexibility index (Phi) is 3.62. The van der Waals surface area contributed by atoms with Crippen molar-refractivity contribution in [3.05, 3.63) is 46.9 Å². The Bertz CT molecular complexity index is 624. The van der Waals surface area contributed by atoms with Crippen molar-refractivity contribution in [2.75, 3.05) is 0 Å². The number of nitrogens with zero attached hydrogens (tertiary/aromatic N) is 2. The van der Waals surface area contributed by atoms with Crippen LogP contribution in [0.3, 0.4) is 0 Å². The van der Waals surface area contributed by atoms with Gasteiger partial charge in [-0.3, -0.25) is 0 Å². The van der Waals surface area contributed by atoms with Crippen molar-refractivity contribution in [2.45, 2.75) is 38.5 Å². The van der Waals surface area contributed by atoms with Crippen LogP contribution in [-0.4, -0.2) is 9.97 Å². The lowest BCUT2D eigenvalue weighted by Gasteiger charge is -2.13. The van der Waals surface area contributed by atoms with Gasteiger partial charge >= 0.3 is 0 Å². The third kappa shape index (κ3) is 2.93. The summed E-state index contributed by atoms with van der Waals surface area (Å²) < 4.78 is 5.93. The quantitative estimate of drug-likeness (QED) is 0.749. The molecule has 4 heteroatoms. The molecule has 0 aliphatic heterocycles. The minimum Gasteiger partial charge on any atom is -0.439 e. The maximum absolute atomic E-state index is 6.06. The van der Waals surface area contributed by atoms with E-state index in [9.17, 15) is 0 Å². The van der Waals surface area contributed by atoms with Crippen LogP contribution in [-0.2, 0) is 0 Å². The van der Waals surface area contributed by atoms with Gasteiger partial charge in [-0.05, 0) is 30.4 Å². The van der Waals surface area contributed by atoms with Crippen molar-refractivity contribution in [1.82, 2.24) is 9.97 Å². The molecule has 0 spiro atoms. The summed E-state index contributed by atoms with van der Waals surface area (Å²) in [4.78, 5) is 8.74. The summed E-state index contributed by atoms with van der Waals surface area (Å²) in [6.07, 6.45) is 2.28. The third-order valence-electron chi connectivity index (χ3n) is 3.39. The standard InChI is InChI=1S/C16H17ClN2O/c1-10(2)12-5-3-4-6-13(12)20-15-9-14(17)18-16(19-15)11-7-8-11/h3-6,9-11H,7-8H2,1-2H3. The van der Waals surface area contributed by atoms with Gasteiger partial charge in [-0.25, -0.2) is 4.98 Å². The first kappa shape index (κ1) is 13.4. The van der Waals surface area contributed by atoms with E-state index in [1.165, 1.54) is 0 Å². The van der Waals surface area contributed by atoms with E-state index in [0.717, 1.165) is 30.0 Å². The Balaban J connectivity index is 1.91. The number of para-hydroxylation sites is 1. The van der Waals surface area contributed by atoms with E-state index in [1.54, 1.807) is 6.07 Å². The fourth-order valence-corrected chi connectivity index (χ4v) is 2.33. The summed E-state index contributed by atoms with van der Waals surface area (Å²) >= 11 is 6.06. The highest BCUT2D eigenvalue weighted by molar-refractivity contribution is 6.29. The predicted octanol–water partition coefficient (Wildman–Crippen LogP) is 4.92. The molecule has 20 heavy (non-hydrogen) atoms. The Morgan fingerprint density at radius 2 is 1.95 bits per heavy atom. The molecule has 3 rings (SSSR count). The Labute approximate surface area is 124 Å². The molecule has 1 aromatic carbocycles. The first-order chi connectivity index (χ1) is 9.63. The van der Waals surface area contributed by atoms with Gasteiger partial charge in [0.05, 0.1) is 0 Å². The van der Waals surface area contributed by atoms with Crippen LogP contribution in [0.2, 0.25) is 5.15 Å². The SMILES string of the molecule is CC(C)c1ccccc1Oc1cc(Cl)nc(C2CC2)n1. The number of aromatic nitrogens is 2. The van der Waals surface area contributed by atoms with Gasteiger partial charge in [-0.2, -0.15) is 4.98 Å². The largest absolute Gasteiger partial charge is 0.439 e. The lowest BCUT2D eigenvalue weighted by atomic mass is 10.0. The minimum absolute atomic E-state index is 0.395. The highest BCUT2D eigenvalue weighted by atomic mass is 35.5. The van der Waals surface area contributed by atoms with Crippen molar-refractivity contribution < 1.29 is 4.74 Å². The van der Waals surface area contributed by atoms with E-state index in [2.05, 4.69) is 29.9 Å². The van der Waals surface area contributed by atoms with Crippen molar-refractivity contribution >= 4 is 11.6 Å². The van der Waals surface area contributed by atoms with Gasteiger partial charge in [0, 0.05) is 12.0 Å². The molecule has 0 saturated heterocycles. The van der Waals surface area contributed by atoms with Gasteiger partial charge in [0.2, 0.25) is 5.88 Å². The van der Waals surface area contributed by atoms with Crippen LogP contribution in [0.25, 0.3) is 0 Å². The Hall–Kier alpha value is -1.61. The first-order valence-electron chi connectivity index (χ1n) is 6.94. The molecule has 0 unspecified atom stereocenters. The van der Waals surface area contributed by atoms with E-state index in [4.69, 9.17) is 16.3 Å². The highest BCUT2D eigenvalue weighted by Crippen LogP contribution is 2.39. The second-order valence-corrected chi connectivity index (χ2v) is 5.84. The Morgan fingerprint density at radius 1 is 1.20 bits per heavy atom. The number of rotatable bonds is 4. The predicted molar refractivity (Wildman–Crippen MR) is 79.6 cm³/mol. The fourth-order valence-electron chi connectivity index (χ4n) is 2.15. The number of halogens is 1. The maximum Gasteiger partial charge on any atom is 0.224 e. The normalized spacial score (nSPS) is 14.6. The Morgan fingerprint density at radius 3 is 2.65 bits per heavy atom. The number of ether oxygens (including phenoxy) is 1. The molecule has 1 aromatic heterocycles. The van der Waals surface area contributed by atoms with Gasteiger partial charge in [-0.15, -0.1) is 0 Å². The first-order valence-corrected chi connectivity index (χ1v) is 7.32. The average molecular weight is 289 g/mol. The monoisotopic (exact) mass is 288 g/mol. The fraction of sp³-hybridized carbons (Fsp3) is 0.375. The van der Waals surface area contributed by atoms with Crippen LogP contribution in [0.15, 0.2) is 30.3 Å². The van der Waals surface area contributed by atoms with Gasteiger partial charge in [-0.1, -0.05) is 43.6 Å². The molecule has 0 atom stereocenters. The van der Waals surface area contributed by atoms with Crippen LogP contribution in [0.4, 0.5) is 0 Å². The number of hydrogen-bond acceptors (Lipinski definition) is 3. The van der Waals surface area contributed by atoms with E-state index >= 15 is 0 Å². The zero-order valence-corrected chi connectivity index (χ0v) is 12.4. The second-order valence-electron chi connectivity index (χ2n) is 5.46. The van der Waals surface area contributed by atoms with Crippen LogP contribution in [0, 0.1) is 0 Å². The molecular formula is C16H17ClN2O. The molecule has 1 aliphatic carbocycles. The zero-order chi connectivity index (χ0) is 14.1. The molecule has 0 amide bonds. The van der Waals surface area contributed by atoms with E-state index in [1.807, 2.05) is 18.2 Å². The molecule has 1 saturated carbocycles. The summed E-state index contributed by atoms with van der Waals surface area (Å²) in [5, 5.41) is 0.443. The molecule has 1 heterocycles. The summed E-state index contributed by atoms with van der Waals surface area (Å²) in [5.41, 5.74) is 1.16. The molecule has 0 radical (unpaired) electrons. The topological polar surface area (TPSA) is 35.0 Å². The molecule has 3 nitrogen and oxygen atoms in total. The second kappa shape index (κ2) is 5.41. The lowest BCUT2D eigenvalue weighted by Crippen LogP contribution is -1.98. The summed E-state index contributed by atoms with van der Waals surface area (Å²) in [6, 6.07) is 9.69. The third-order valence-corrected chi connectivity index (χ3v) is 3.58. The molecule has 1 fully saturated rings. The van der Waals surface area contributed by atoms with Gasteiger partial charge in [0.1, 0.15) is 16.7 Å². The van der Waals surface area contributed by atoms with Crippen molar-refractivity contribution in [3.8, 4) is 11.6 Å². The lowest BCUT2D eigenvalue weighted by molar-refractivity contribution is 0.450. The van der Waals surface area contributed by atoms with E-state index in [0.29, 0.717) is 22.9 Å². The van der Waals surface area contributed by atoms with Gasteiger partial charge in [0.25, 0.3) is 0 Å². The number of hydrogen-bond donors (Lipinski definition) is 0. The molecular weight excluding hydrogens is 272 g/mol. The summed E-state index contributed by atoms with van der Waals surface area (Å²) in [7, 11) is 0. The van der Waals surface area contributed by atoms with Crippen LogP contribution < -0.4 is 4.74 Å². The maximum atomic E-state index is 6.06. The van der Waals surface area contributed by atoms with Crippen LogP contribution >= 0.6 is 11.6 Å². The van der Waals surface area contributed by atoms with Crippen LogP contribution in [0.1, 0.15) is 49.9 Å². The molecule has 104 valence electrons. The summed E-state index contributed by atoms with van der Waals surface area (Å²) in [6.45, 7) is 4.29. The van der Waals surface area contributed by atoms with E-state index in [-0.39, 0.29) is 0 Å². The zero-order valence-electron chi connectivity index (χ0n) is 11.6. The number of benzene rings is 1. The molecule has 0 N–H and O–H groups in total. The van der Waals surface area contributed by atoms with Crippen molar-refractivity contribution in [3.63, 3.8) is 0 Å². The van der Waals surface area contributed by atoms with Crippen molar-refractivity contribution in [1.29, 1.82) is 0 Å². The summed E-state index contributed by atoms with van der Waals surface area (Å²) in [5.74, 6) is 3.01. The van der Waals surface area contributed by atoms with Crippen LogP contribution in [0.5, 0.6) is 11.6 Å². The molecule has 0 bridgehead atoms. The van der Waals surface area contributed by atoms with Gasteiger partial charge in [0.15, 0.2) is 0 Å². The van der Waals surface area contributed by atoms with Gasteiger partial charge < -0.3 is 4.74 Å². The van der Waals surface area contributed by atoms with E-state index < -0.39 is 0 Å². The minimum atomic E-state index is 0.395.